The Morgan fingerprint density at radius 1 is 1.57 bits per heavy atom. The molecule has 1 fully saturated rings. The molecule has 2 rings (SSSR count). The van der Waals surface area contributed by atoms with Crippen LogP contribution < -0.4 is 5.73 Å². The Labute approximate surface area is 82.2 Å². The molecule has 1 unspecified atom stereocenters. The third kappa shape index (κ3) is 1.50. The second-order valence-electron chi connectivity index (χ2n) is 3.65. The van der Waals surface area contributed by atoms with E-state index in [1.54, 1.807) is 6.92 Å². The fourth-order valence-electron chi connectivity index (χ4n) is 1.91. The highest BCUT2D eigenvalue weighted by Gasteiger charge is 2.32. The summed E-state index contributed by atoms with van der Waals surface area (Å²) in [4.78, 5) is 0. The van der Waals surface area contributed by atoms with Crippen molar-refractivity contribution in [1.82, 2.24) is 5.16 Å². The van der Waals surface area contributed by atoms with Gasteiger partial charge in [-0.15, -0.1) is 0 Å². The van der Waals surface area contributed by atoms with Gasteiger partial charge in [0.1, 0.15) is 0 Å². The molecular weight excluding hydrogens is 204 g/mol. The van der Waals surface area contributed by atoms with Crippen molar-refractivity contribution in [2.45, 2.75) is 19.3 Å². The van der Waals surface area contributed by atoms with Gasteiger partial charge in [-0.05, 0) is 13.3 Å². The van der Waals surface area contributed by atoms with Crippen LogP contribution in [0.5, 0.6) is 0 Å². The van der Waals surface area contributed by atoms with Crippen LogP contribution in [0.2, 0.25) is 0 Å². The lowest BCUT2D eigenvalue weighted by Crippen LogP contribution is -2.05. The number of rotatable bonds is 1. The Kier molecular flexibility index (Phi) is 2.02. The first kappa shape index (κ1) is 9.51. The van der Waals surface area contributed by atoms with Gasteiger partial charge in [-0.2, -0.15) is 0 Å². The number of aryl methyl sites for hydroxylation is 1. The Morgan fingerprint density at radius 2 is 2.29 bits per heavy atom. The van der Waals surface area contributed by atoms with E-state index in [0.717, 1.165) is 5.56 Å². The highest BCUT2D eigenvalue weighted by Crippen LogP contribution is 2.34. The van der Waals surface area contributed by atoms with Crippen LogP contribution in [-0.4, -0.2) is 25.1 Å². The lowest BCUT2D eigenvalue weighted by molar-refractivity contribution is 0.430. The lowest BCUT2D eigenvalue weighted by atomic mass is 9.99. The van der Waals surface area contributed by atoms with Gasteiger partial charge in [-0.25, -0.2) is 8.42 Å². The van der Waals surface area contributed by atoms with Gasteiger partial charge in [0.25, 0.3) is 0 Å². The highest BCUT2D eigenvalue weighted by molar-refractivity contribution is 7.91. The summed E-state index contributed by atoms with van der Waals surface area (Å²) in [6, 6.07) is 0. The van der Waals surface area contributed by atoms with E-state index in [1.807, 2.05) is 0 Å². The molecule has 0 bridgehead atoms. The van der Waals surface area contributed by atoms with Crippen molar-refractivity contribution in [3.63, 3.8) is 0 Å². The van der Waals surface area contributed by atoms with Gasteiger partial charge in [-0.1, -0.05) is 5.16 Å². The molecule has 1 atom stereocenters. The molecule has 78 valence electrons. The summed E-state index contributed by atoms with van der Waals surface area (Å²) in [5.41, 5.74) is 7.05. The summed E-state index contributed by atoms with van der Waals surface area (Å²) >= 11 is 0. The van der Waals surface area contributed by atoms with E-state index in [0.29, 0.717) is 12.1 Å². The summed E-state index contributed by atoms with van der Waals surface area (Å²) in [6.45, 7) is 1.78. The molecule has 2 heterocycles. The van der Waals surface area contributed by atoms with Gasteiger partial charge in [0.2, 0.25) is 5.88 Å². The van der Waals surface area contributed by atoms with Crippen LogP contribution in [-0.2, 0) is 9.84 Å². The largest absolute Gasteiger partial charge is 0.367 e. The Bertz CT molecular complexity index is 430. The maximum absolute atomic E-state index is 11.3. The molecule has 2 N–H and O–H groups in total. The van der Waals surface area contributed by atoms with Crippen LogP contribution >= 0.6 is 0 Å². The average molecular weight is 216 g/mol. The summed E-state index contributed by atoms with van der Waals surface area (Å²) < 4.78 is 27.3. The summed E-state index contributed by atoms with van der Waals surface area (Å²) in [7, 11) is -2.88. The number of hydrogen-bond donors (Lipinski definition) is 1. The van der Waals surface area contributed by atoms with Crippen LogP contribution in [0, 0.1) is 6.92 Å². The minimum absolute atomic E-state index is 0.0359. The number of hydrogen-bond acceptors (Lipinski definition) is 5. The normalized spacial score (nSPS) is 25.4. The van der Waals surface area contributed by atoms with E-state index in [4.69, 9.17) is 10.3 Å². The third-order valence-electron chi connectivity index (χ3n) is 2.58. The molecule has 0 aromatic carbocycles. The second kappa shape index (κ2) is 2.98. The van der Waals surface area contributed by atoms with E-state index < -0.39 is 9.84 Å². The minimum atomic E-state index is -2.88. The van der Waals surface area contributed by atoms with Gasteiger partial charge < -0.3 is 10.3 Å². The van der Waals surface area contributed by atoms with E-state index in [1.165, 1.54) is 0 Å². The van der Waals surface area contributed by atoms with Crippen molar-refractivity contribution in [3.8, 4) is 0 Å². The van der Waals surface area contributed by atoms with Crippen LogP contribution in [0.1, 0.15) is 23.6 Å². The second-order valence-corrected chi connectivity index (χ2v) is 5.87. The number of nitrogens with two attached hydrogens (primary N) is 1. The van der Waals surface area contributed by atoms with Gasteiger partial charge in [0.05, 0.1) is 17.2 Å². The number of aromatic nitrogens is 1. The molecule has 1 aliphatic rings. The topological polar surface area (TPSA) is 86.2 Å². The van der Waals surface area contributed by atoms with E-state index in [-0.39, 0.29) is 23.3 Å². The predicted octanol–water partition coefficient (Wildman–Crippen LogP) is 0.467. The lowest BCUT2D eigenvalue weighted by Gasteiger charge is -2.04. The standard InChI is InChI=1S/C8H12N2O3S/c1-5-7(8(9)13-10-5)6-2-3-14(11,12)4-6/h6H,2-4,9H2,1H3. The first-order chi connectivity index (χ1) is 6.49. The zero-order chi connectivity index (χ0) is 10.3. The van der Waals surface area contributed by atoms with Crippen molar-refractivity contribution in [3.05, 3.63) is 11.3 Å². The smallest absolute Gasteiger partial charge is 0.225 e. The quantitative estimate of drug-likeness (QED) is 0.737. The van der Waals surface area contributed by atoms with Crippen LogP contribution in [0.3, 0.4) is 0 Å². The van der Waals surface area contributed by atoms with E-state index >= 15 is 0 Å². The monoisotopic (exact) mass is 216 g/mol. The van der Waals surface area contributed by atoms with Crippen molar-refractivity contribution in [2.24, 2.45) is 0 Å². The maximum Gasteiger partial charge on any atom is 0.225 e. The number of nitrogen functional groups attached to an aromatic ring is 1. The average Bonchev–Trinajstić information content (AvgIpc) is 2.56. The van der Waals surface area contributed by atoms with E-state index in [2.05, 4.69) is 5.16 Å². The molecule has 14 heavy (non-hydrogen) atoms. The molecule has 0 radical (unpaired) electrons. The Hall–Kier alpha value is -1.04. The molecule has 5 nitrogen and oxygen atoms in total. The third-order valence-corrected chi connectivity index (χ3v) is 4.34. The van der Waals surface area contributed by atoms with Crippen LogP contribution in [0.15, 0.2) is 4.52 Å². The maximum atomic E-state index is 11.3. The molecule has 0 spiro atoms. The van der Waals surface area contributed by atoms with Crippen molar-refractivity contribution < 1.29 is 12.9 Å². The molecular formula is C8H12N2O3S. The zero-order valence-corrected chi connectivity index (χ0v) is 8.67. The van der Waals surface area contributed by atoms with Crippen molar-refractivity contribution >= 4 is 15.7 Å². The molecule has 1 saturated heterocycles. The molecule has 0 saturated carbocycles. The van der Waals surface area contributed by atoms with Gasteiger partial charge >= 0.3 is 0 Å². The summed E-state index contributed by atoms with van der Waals surface area (Å²) in [6.07, 6.45) is 0.620. The molecule has 0 amide bonds. The van der Waals surface area contributed by atoms with E-state index in [9.17, 15) is 8.42 Å². The van der Waals surface area contributed by atoms with Crippen LogP contribution in [0.25, 0.3) is 0 Å². The zero-order valence-electron chi connectivity index (χ0n) is 7.86. The minimum Gasteiger partial charge on any atom is -0.367 e. The van der Waals surface area contributed by atoms with Crippen molar-refractivity contribution in [2.75, 3.05) is 17.2 Å². The first-order valence-electron chi connectivity index (χ1n) is 4.41. The van der Waals surface area contributed by atoms with Crippen molar-refractivity contribution in [1.29, 1.82) is 0 Å². The fourth-order valence-corrected chi connectivity index (χ4v) is 3.67. The van der Waals surface area contributed by atoms with Gasteiger partial charge in [0.15, 0.2) is 9.84 Å². The number of sulfone groups is 1. The van der Waals surface area contributed by atoms with Gasteiger partial charge in [-0.3, -0.25) is 0 Å². The Balaban J connectivity index is 2.34. The van der Waals surface area contributed by atoms with Gasteiger partial charge in [0, 0.05) is 11.5 Å². The number of nitrogens with zero attached hydrogens (tertiary/aromatic N) is 1. The first-order valence-corrected chi connectivity index (χ1v) is 6.24. The molecule has 6 heteroatoms. The highest BCUT2D eigenvalue weighted by atomic mass is 32.2. The molecule has 1 aromatic rings. The number of anilines is 1. The SMILES string of the molecule is Cc1noc(N)c1C1CCS(=O)(=O)C1. The molecule has 0 aliphatic carbocycles. The Morgan fingerprint density at radius 3 is 2.71 bits per heavy atom. The summed E-state index contributed by atoms with van der Waals surface area (Å²) in [5.74, 6) is 0.622. The molecule has 1 aromatic heterocycles. The van der Waals surface area contributed by atoms with Crippen LogP contribution in [0.4, 0.5) is 5.88 Å². The molecule has 1 aliphatic heterocycles. The predicted molar refractivity (Wildman–Crippen MR) is 51.7 cm³/mol. The fraction of sp³-hybridized carbons (Fsp3) is 0.625. The summed E-state index contributed by atoms with van der Waals surface area (Å²) in [5, 5.41) is 3.71.